The lowest BCUT2D eigenvalue weighted by Crippen LogP contribution is -2.31. The van der Waals surface area contributed by atoms with Gasteiger partial charge in [-0.05, 0) is 12.8 Å². The number of hydrogen-bond acceptors (Lipinski definition) is 1. The van der Waals surface area contributed by atoms with Crippen molar-refractivity contribution in [1.82, 2.24) is 4.90 Å². The Kier molecular flexibility index (Phi) is 5.33. The number of nitrogens with zero attached hydrogens (tertiary/aromatic N) is 1. The van der Waals surface area contributed by atoms with E-state index in [4.69, 9.17) is 12.2 Å². The highest BCUT2D eigenvalue weighted by Gasteiger charge is 2.08. The zero-order chi connectivity index (χ0) is 11.1. The van der Waals surface area contributed by atoms with Gasteiger partial charge in [0.25, 0.3) is 0 Å². The number of hydrogen-bond donors (Lipinski definition) is 0. The van der Waals surface area contributed by atoms with Crippen LogP contribution in [0.1, 0.15) is 32.3 Å². The zero-order valence-corrected chi connectivity index (χ0v) is 10.4. The number of thiocarbonyl (C=S) groups is 1. The Balaban J connectivity index is 2.71. The fraction of sp³-hybridized carbons (Fsp3) is 0.462. The van der Waals surface area contributed by atoms with E-state index in [0.717, 1.165) is 36.5 Å². The van der Waals surface area contributed by atoms with Crippen LogP contribution in [0.15, 0.2) is 30.3 Å². The third-order valence-electron chi connectivity index (χ3n) is 2.30. The van der Waals surface area contributed by atoms with Crippen LogP contribution in [0.25, 0.3) is 0 Å². The molecule has 0 saturated carbocycles. The second-order valence-corrected chi connectivity index (χ2v) is 4.04. The lowest BCUT2D eigenvalue weighted by Gasteiger charge is -2.24. The van der Waals surface area contributed by atoms with Crippen molar-refractivity contribution in [2.45, 2.75) is 26.7 Å². The molecule has 1 aromatic carbocycles. The zero-order valence-electron chi connectivity index (χ0n) is 9.57. The van der Waals surface area contributed by atoms with Crippen molar-refractivity contribution in [3.63, 3.8) is 0 Å². The van der Waals surface area contributed by atoms with Crippen LogP contribution in [0.5, 0.6) is 0 Å². The van der Waals surface area contributed by atoms with Gasteiger partial charge in [-0.25, -0.2) is 0 Å². The maximum Gasteiger partial charge on any atom is 0.109 e. The third-order valence-corrected chi connectivity index (χ3v) is 2.79. The predicted molar refractivity (Wildman–Crippen MR) is 70.3 cm³/mol. The Labute approximate surface area is 98.1 Å². The summed E-state index contributed by atoms with van der Waals surface area (Å²) < 4.78 is 0. The average Bonchev–Trinajstić information content (AvgIpc) is 2.29. The van der Waals surface area contributed by atoms with Crippen LogP contribution in [0.2, 0.25) is 0 Å². The van der Waals surface area contributed by atoms with Crippen molar-refractivity contribution < 1.29 is 0 Å². The summed E-state index contributed by atoms with van der Waals surface area (Å²) in [7, 11) is 0. The summed E-state index contributed by atoms with van der Waals surface area (Å²) in [4.78, 5) is 3.28. The normalized spacial score (nSPS) is 10.0. The van der Waals surface area contributed by atoms with Crippen LogP contribution in [0.3, 0.4) is 0 Å². The summed E-state index contributed by atoms with van der Waals surface area (Å²) in [5.74, 6) is 0. The molecule has 0 unspecified atom stereocenters. The van der Waals surface area contributed by atoms with Crippen molar-refractivity contribution in [3.05, 3.63) is 35.9 Å². The quantitative estimate of drug-likeness (QED) is 0.700. The Bertz CT molecular complexity index is 289. The van der Waals surface area contributed by atoms with Crippen LogP contribution in [0, 0.1) is 0 Å². The first kappa shape index (κ1) is 12.2. The topological polar surface area (TPSA) is 3.24 Å². The van der Waals surface area contributed by atoms with Crippen LogP contribution >= 0.6 is 12.2 Å². The highest BCUT2D eigenvalue weighted by molar-refractivity contribution is 7.80. The molecule has 0 N–H and O–H groups in total. The maximum atomic E-state index is 5.50. The van der Waals surface area contributed by atoms with E-state index in [2.05, 4.69) is 30.9 Å². The monoisotopic (exact) mass is 221 g/mol. The molecule has 0 saturated heterocycles. The molecule has 0 fully saturated rings. The Morgan fingerprint density at radius 1 is 1.07 bits per heavy atom. The van der Waals surface area contributed by atoms with Crippen LogP contribution in [-0.4, -0.2) is 23.0 Å². The first-order chi connectivity index (χ1) is 7.29. The van der Waals surface area contributed by atoms with Crippen LogP contribution < -0.4 is 0 Å². The lowest BCUT2D eigenvalue weighted by atomic mass is 10.2. The fourth-order valence-electron chi connectivity index (χ4n) is 1.62. The minimum Gasteiger partial charge on any atom is -0.362 e. The third kappa shape index (κ3) is 3.63. The Morgan fingerprint density at radius 3 is 2.07 bits per heavy atom. The van der Waals surface area contributed by atoms with Gasteiger partial charge in [-0.15, -0.1) is 0 Å². The molecule has 1 nitrogen and oxygen atoms in total. The van der Waals surface area contributed by atoms with Gasteiger partial charge in [-0.1, -0.05) is 56.4 Å². The van der Waals surface area contributed by atoms with Crippen molar-refractivity contribution in [3.8, 4) is 0 Å². The van der Waals surface area contributed by atoms with E-state index >= 15 is 0 Å². The molecular formula is C13H19NS. The van der Waals surface area contributed by atoms with Crippen LogP contribution in [0.4, 0.5) is 0 Å². The highest BCUT2D eigenvalue weighted by Crippen LogP contribution is 2.07. The summed E-state index contributed by atoms with van der Waals surface area (Å²) in [5.41, 5.74) is 1.16. The molecule has 82 valence electrons. The van der Waals surface area contributed by atoms with Crippen molar-refractivity contribution >= 4 is 17.2 Å². The fourth-order valence-corrected chi connectivity index (χ4v) is 1.94. The van der Waals surface area contributed by atoms with E-state index in [1.54, 1.807) is 0 Å². The molecule has 0 aromatic heterocycles. The smallest absolute Gasteiger partial charge is 0.109 e. The van der Waals surface area contributed by atoms with Gasteiger partial charge in [-0.2, -0.15) is 0 Å². The summed E-state index contributed by atoms with van der Waals surface area (Å²) >= 11 is 5.50. The van der Waals surface area contributed by atoms with E-state index in [1.165, 1.54) is 0 Å². The molecule has 0 radical (unpaired) electrons. The lowest BCUT2D eigenvalue weighted by molar-refractivity contribution is 0.424. The molecule has 0 spiro atoms. The van der Waals surface area contributed by atoms with Gasteiger partial charge in [-0.3, -0.25) is 0 Å². The molecule has 1 rings (SSSR count). The average molecular weight is 221 g/mol. The van der Waals surface area contributed by atoms with E-state index in [-0.39, 0.29) is 0 Å². The van der Waals surface area contributed by atoms with E-state index in [9.17, 15) is 0 Å². The van der Waals surface area contributed by atoms with Gasteiger partial charge in [0.15, 0.2) is 0 Å². The van der Waals surface area contributed by atoms with Gasteiger partial charge in [0.05, 0.1) is 0 Å². The SMILES string of the molecule is CCCN(CCC)C(=S)c1ccccc1. The first-order valence-electron chi connectivity index (χ1n) is 5.64. The largest absolute Gasteiger partial charge is 0.362 e. The molecular weight excluding hydrogens is 202 g/mol. The summed E-state index contributed by atoms with van der Waals surface area (Å²) in [6.45, 7) is 6.50. The first-order valence-corrected chi connectivity index (χ1v) is 6.04. The summed E-state index contributed by atoms with van der Waals surface area (Å²) in [6, 6.07) is 10.3. The molecule has 0 amide bonds. The van der Waals surface area contributed by atoms with E-state index in [1.807, 2.05) is 18.2 Å². The molecule has 0 aliphatic rings. The minimum atomic E-state index is 0.985. The molecule has 0 aliphatic heterocycles. The van der Waals surface area contributed by atoms with Gasteiger partial charge in [0.2, 0.25) is 0 Å². The second kappa shape index (κ2) is 6.57. The van der Waals surface area contributed by atoms with Crippen LogP contribution in [-0.2, 0) is 0 Å². The molecule has 15 heavy (non-hydrogen) atoms. The number of rotatable bonds is 5. The molecule has 1 aromatic rings. The van der Waals surface area contributed by atoms with Gasteiger partial charge in [0, 0.05) is 18.7 Å². The highest BCUT2D eigenvalue weighted by atomic mass is 32.1. The van der Waals surface area contributed by atoms with Crippen molar-refractivity contribution in [2.75, 3.05) is 13.1 Å². The molecule has 0 aliphatic carbocycles. The molecule has 0 atom stereocenters. The minimum absolute atomic E-state index is 0.985. The summed E-state index contributed by atoms with van der Waals surface area (Å²) in [6.07, 6.45) is 2.29. The maximum absolute atomic E-state index is 5.50. The summed E-state index contributed by atoms with van der Waals surface area (Å²) in [5, 5.41) is 0. The van der Waals surface area contributed by atoms with E-state index in [0.29, 0.717) is 0 Å². The second-order valence-electron chi connectivity index (χ2n) is 3.66. The predicted octanol–water partition coefficient (Wildman–Crippen LogP) is 3.48. The van der Waals surface area contributed by atoms with Gasteiger partial charge >= 0.3 is 0 Å². The Hall–Kier alpha value is -0.890. The van der Waals surface area contributed by atoms with Crippen molar-refractivity contribution in [1.29, 1.82) is 0 Å². The Morgan fingerprint density at radius 2 is 1.60 bits per heavy atom. The standard InChI is InChI=1S/C13H19NS/c1-3-10-14(11-4-2)13(15)12-8-6-5-7-9-12/h5-9H,3-4,10-11H2,1-2H3. The molecule has 0 heterocycles. The van der Waals surface area contributed by atoms with Gasteiger partial charge < -0.3 is 4.90 Å². The molecule has 0 bridgehead atoms. The van der Waals surface area contributed by atoms with Gasteiger partial charge in [0.1, 0.15) is 4.99 Å². The number of benzene rings is 1. The van der Waals surface area contributed by atoms with Crippen molar-refractivity contribution in [2.24, 2.45) is 0 Å². The van der Waals surface area contributed by atoms with E-state index < -0.39 is 0 Å². The molecule has 2 heteroatoms.